The average molecular weight is 386 g/mol. The Kier molecular flexibility index (Phi) is 5.82. The smallest absolute Gasteiger partial charge is 0.314 e. The number of rotatable bonds is 5. The molecule has 122 valence electrons. The number of nitrogens with one attached hydrogen (secondary N) is 1. The fraction of sp³-hybridized carbons (Fsp3) is 0.562. The molecule has 1 aromatic rings. The first kappa shape index (κ1) is 17.7. The van der Waals surface area contributed by atoms with E-state index in [4.69, 9.17) is 9.16 Å². The molecule has 6 heteroatoms. The van der Waals surface area contributed by atoms with Crippen molar-refractivity contribution in [3.63, 3.8) is 0 Å². The molecule has 1 N–H and O–H groups in total. The van der Waals surface area contributed by atoms with Crippen LogP contribution in [0.3, 0.4) is 0 Å². The lowest BCUT2D eigenvalue weighted by Gasteiger charge is -2.31. The Morgan fingerprint density at radius 2 is 1.95 bits per heavy atom. The van der Waals surface area contributed by atoms with Gasteiger partial charge in [0.15, 0.2) is 8.32 Å². The molecule has 0 spiro atoms. The number of ether oxygens (including phenoxy) is 1. The summed E-state index contributed by atoms with van der Waals surface area (Å²) in [6.45, 7) is 7.39. The molecule has 1 saturated heterocycles. The molecule has 4 nitrogen and oxygen atoms in total. The molecule has 0 aliphatic carbocycles. The van der Waals surface area contributed by atoms with Gasteiger partial charge in [0.1, 0.15) is 0 Å². The molecule has 0 aromatic heterocycles. The summed E-state index contributed by atoms with van der Waals surface area (Å²) in [4.78, 5) is 12.4. The van der Waals surface area contributed by atoms with E-state index in [0.717, 1.165) is 23.0 Å². The van der Waals surface area contributed by atoms with Gasteiger partial charge in [0, 0.05) is 10.5 Å². The van der Waals surface area contributed by atoms with Crippen molar-refractivity contribution in [3.8, 4) is 0 Å². The van der Waals surface area contributed by atoms with Crippen molar-refractivity contribution in [3.05, 3.63) is 34.3 Å². The molecule has 0 amide bonds. The summed E-state index contributed by atoms with van der Waals surface area (Å²) in [7, 11) is -0.222. The zero-order chi connectivity index (χ0) is 16.3. The molecule has 1 heterocycles. The summed E-state index contributed by atoms with van der Waals surface area (Å²) in [5, 5.41) is 3.44. The molecule has 22 heavy (non-hydrogen) atoms. The normalized spacial score (nSPS) is 23.3. The van der Waals surface area contributed by atoms with Gasteiger partial charge in [-0.15, -0.1) is 0 Å². The van der Waals surface area contributed by atoms with Gasteiger partial charge in [-0.2, -0.15) is 0 Å². The van der Waals surface area contributed by atoms with Crippen LogP contribution in [0.5, 0.6) is 0 Å². The third-order valence-electron chi connectivity index (χ3n) is 3.76. The van der Waals surface area contributed by atoms with E-state index in [-0.39, 0.29) is 24.0 Å². The fourth-order valence-electron chi connectivity index (χ4n) is 2.91. The molecule has 1 aliphatic heterocycles. The predicted molar refractivity (Wildman–Crippen MR) is 93.5 cm³/mol. The lowest BCUT2D eigenvalue weighted by atomic mass is 9.89. The van der Waals surface area contributed by atoms with Crippen LogP contribution in [0, 0.1) is 0 Å². The van der Waals surface area contributed by atoms with Gasteiger partial charge in [-0.1, -0.05) is 28.1 Å². The number of hydrogen-bond donors (Lipinski definition) is 1. The number of halogens is 1. The quantitative estimate of drug-likeness (QED) is 0.623. The van der Waals surface area contributed by atoms with Crippen LogP contribution in [0.2, 0.25) is 19.6 Å². The Morgan fingerprint density at radius 3 is 2.50 bits per heavy atom. The van der Waals surface area contributed by atoms with Gasteiger partial charge in [-0.05, 0) is 50.3 Å². The van der Waals surface area contributed by atoms with Gasteiger partial charge in [-0.3, -0.25) is 4.79 Å². The first-order valence-electron chi connectivity index (χ1n) is 7.56. The molecule has 0 radical (unpaired) electrons. The van der Waals surface area contributed by atoms with E-state index in [1.807, 2.05) is 24.3 Å². The standard InChI is InChI=1S/C16H24BrNO3Si/c1-20-16(19)14(11-5-7-12(17)8-6-11)15-13(9-10-18-15)21-22(2,3)4/h5-8,13-15,18H,9-10H2,1-4H3/t13-,14-,15-/m1/s1. The highest BCUT2D eigenvalue weighted by molar-refractivity contribution is 9.10. The number of carbonyl (C=O) groups is 1. The number of benzene rings is 1. The molecular weight excluding hydrogens is 362 g/mol. The summed E-state index contributed by atoms with van der Waals surface area (Å²) in [6, 6.07) is 7.80. The minimum Gasteiger partial charge on any atom is -0.469 e. The number of carbonyl (C=O) groups excluding carboxylic acids is 1. The molecule has 2 rings (SSSR count). The van der Waals surface area contributed by atoms with Crippen molar-refractivity contribution >= 4 is 30.2 Å². The van der Waals surface area contributed by atoms with Crippen LogP contribution in [0.1, 0.15) is 17.9 Å². The van der Waals surface area contributed by atoms with Crippen LogP contribution < -0.4 is 5.32 Å². The lowest BCUT2D eigenvalue weighted by Crippen LogP contribution is -2.45. The number of esters is 1. The van der Waals surface area contributed by atoms with Gasteiger partial charge in [0.2, 0.25) is 0 Å². The Bertz CT molecular complexity index is 515. The van der Waals surface area contributed by atoms with E-state index in [0.29, 0.717) is 0 Å². The molecule has 3 atom stereocenters. The average Bonchev–Trinajstić information content (AvgIpc) is 2.87. The Morgan fingerprint density at radius 1 is 1.32 bits per heavy atom. The highest BCUT2D eigenvalue weighted by atomic mass is 79.9. The second kappa shape index (κ2) is 7.25. The molecule has 0 bridgehead atoms. The van der Waals surface area contributed by atoms with Crippen LogP contribution >= 0.6 is 15.9 Å². The molecule has 0 saturated carbocycles. The van der Waals surface area contributed by atoms with Crippen LogP contribution in [-0.4, -0.2) is 40.1 Å². The van der Waals surface area contributed by atoms with E-state index >= 15 is 0 Å². The van der Waals surface area contributed by atoms with Crippen molar-refractivity contribution in [2.45, 2.75) is 44.1 Å². The molecule has 1 aromatic carbocycles. The summed E-state index contributed by atoms with van der Waals surface area (Å²) < 4.78 is 12.3. The van der Waals surface area contributed by atoms with Crippen molar-refractivity contribution in [2.75, 3.05) is 13.7 Å². The van der Waals surface area contributed by atoms with Crippen LogP contribution in [-0.2, 0) is 14.0 Å². The minimum atomic E-state index is -1.66. The highest BCUT2D eigenvalue weighted by Gasteiger charge is 2.41. The number of hydrogen-bond acceptors (Lipinski definition) is 4. The molecule has 1 fully saturated rings. The SMILES string of the molecule is COC(=O)[C@H](c1ccc(Br)cc1)[C@@H]1NCC[C@H]1O[Si](C)(C)C. The highest BCUT2D eigenvalue weighted by Crippen LogP contribution is 2.31. The van der Waals surface area contributed by atoms with Crippen LogP contribution in [0.4, 0.5) is 0 Å². The van der Waals surface area contributed by atoms with Gasteiger partial charge in [-0.25, -0.2) is 0 Å². The largest absolute Gasteiger partial charge is 0.469 e. The molecule has 1 aliphatic rings. The monoisotopic (exact) mass is 385 g/mol. The van der Waals surface area contributed by atoms with Gasteiger partial charge >= 0.3 is 5.97 Å². The summed E-state index contributed by atoms with van der Waals surface area (Å²) in [5.41, 5.74) is 0.957. The van der Waals surface area contributed by atoms with Crippen LogP contribution in [0.15, 0.2) is 28.7 Å². The Hall–Kier alpha value is -0.693. The summed E-state index contributed by atoms with van der Waals surface area (Å²) in [6.07, 6.45) is 0.985. The Balaban J connectivity index is 2.28. The second-order valence-electron chi connectivity index (χ2n) is 6.59. The third-order valence-corrected chi connectivity index (χ3v) is 5.30. The fourth-order valence-corrected chi connectivity index (χ4v) is 4.35. The maximum Gasteiger partial charge on any atom is 0.314 e. The van der Waals surface area contributed by atoms with Crippen LogP contribution in [0.25, 0.3) is 0 Å². The van der Waals surface area contributed by atoms with Gasteiger partial charge < -0.3 is 14.5 Å². The maximum atomic E-state index is 12.4. The maximum absolute atomic E-state index is 12.4. The Labute approximate surface area is 141 Å². The zero-order valence-electron chi connectivity index (χ0n) is 13.6. The van der Waals surface area contributed by atoms with Crippen molar-refractivity contribution in [1.29, 1.82) is 0 Å². The van der Waals surface area contributed by atoms with E-state index in [9.17, 15) is 4.79 Å². The van der Waals surface area contributed by atoms with Crippen molar-refractivity contribution < 1.29 is 14.0 Å². The zero-order valence-corrected chi connectivity index (χ0v) is 16.1. The van der Waals surface area contributed by atoms with E-state index in [2.05, 4.69) is 40.9 Å². The summed E-state index contributed by atoms with van der Waals surface area (Å²) in [5.74, 6) is -0.562. The van der Waals surface area contributed by atoms with E-state index in [1.54, 1.807) is 0 Å². The first-order chi connectivity index (χ1) is 10.3. The molecular formula is C16H24BrNO3Si. The van der Waals surface area contributed by atoms with Gasteiger partial charge in [0.05, 0.1) is 19.1 Å². The van der Waals surface area contributed by atoms with Crippen molar-refractivity contribution in [1.82, 2.24) is 5.32 Å². The van der Waals surface area contributed by atoms with Crippen molar-refractivity contribution in [2.24, 2.45) is 0 Å². The summed E-state index contributed by atoms with van der Waals surface area (Å²) >= 11 is 3.43. The third kappa shape index (κ3) is 4.41. The van der Waals surface area contributed by atoms with E-state index in [1.165, 1.54) is 7.11 Å². The predicted octanol–water partition coefficient (Wildman–Crippen LogP) is 3.29. The lowest BCUT2D eigenvalue weighted by molar-refractivity contribution is -0.143. The topological polar surface area (TPSA) is 47.6 Å². The molecule has 0 unspecified atom stereocenters. The van der Waals surface area contributed by atoms with Gasteiger partial charge in [0.25, 0.3) is 0 Å². The van der Waals surface area contributed by atoms with E-state index < -0.39 is 8.32 Å². The first-order valence-corrected chi connectivity index (χ1v) is 11.8. The second-order valence-corrected chi connectivity index (χ2v) is 12.0. The minimum absolute atomic E-state index is 0.0413. The number of methoxy groups -OCH3 is 1.